The number of piperidine rings is 1. The third-order valence-corrected chi connectivity index (χ3v) is 7.61. The average molecular weight is 610 g/mol. The van der Waals surface area contributed by atoms with Crippen LogP contribution in [0.25, 0.3) is 6.08 Å². The summed E-state index contributed by atoms with van der Waals surface area (Å²) in [4.78, 5) is 17.5. The van der Waals surface area contributed by atoms with Crippen molar-refractivity contribution in [2.24, 2.45) is 0 Å². The fraction of sp³-hybridized carbons (Fsp3) is 0.379. The molecule has 224 valence electrons. The van der Waals surface area contributed by atoms with Crippen molar-refractivity contribution in [1.82, 2.24) is 14.5 Å². The SMILES string of the molecule is C[C@]1(c2ccc(Cl)cc2F)Oc2cccc(C3CCN(Cc4ncc(/C=C/C(=O)O)n4CCOC(F)(F)F)CC3)c2O1. The molecule has 0 bridgehead atoms. The van der Waals surface area contributed by atoms with Crippen molar-refractivity contribution in [3.05, 3.63) is 82.2 Å². The lowest BCUT2D eigenvalue weighted by Gasteiger charge is -2.32. The zero-order chi connectivity index (χ0) is 30.1. The summed E-state index contributed by atoms with van der Waals surface area (Å²) in [6, 6.07) is 9.97. The molecule has 3 heterocycles. The highest BCUT2D eigenvalue weighted by Gasteiger charge is 2.43. The number of rotatable bonds is 9. The first kappa shape index (κ1) is 29.9. The van der Waals surface area contributed by atoms with Crippen LogP contribution in [0.2, 0.25) is 5.02 Å². The van der Waals surface area contributed by atoms with Crippen LogP contribution >= 0.6 is 11.6 Å². The first-order valence-electron chi connectivity index (χ1n) is 13.3. The summed E-state index contributed by atoms with van der Waals surface area (Å²) in [6.07, 6.45) is 0.377. The number of halogens is 5. The number of carboxylic acid groups (broad SMARTS) is 1. The number of para-hydroxylation sites is 1. The Morgan fingerprint density at radius 2 is 2.00 bits per heavy atom. The van der Waals surface area contributed by atoms with Gasteiger partial charge in [0.25, 0.3) is 5.79 Å². The van der Waals surface area contributed by atoms with Gasteiger partial charge in [-0.05, 0) is 62.2 Å². The summed E-state index contributed by atoms with van der Waals surface area (Å²) in [5.41, 5.74) is 1.56. The fourth-order valence-corrected chi connectivity index (χ4v) is 5.55. The first-order chi connectivity index (χ1) is 19.9. The lowest BCUT2D eigenvalue weighted by Crippen LogP contribution is -2.34. The summed E-state index contributed by atoms with van der Waals surface area (Å²) in [7, 11) is 0. The Morgan fingerprint density at radius 1 is 1.24 bits per heavy atom. The van der Waals surface area contributed by atoms with E-state index in [1.165, 1.54) is 22.9 Å². The number of alkyl halides is 3. The van der Waals surface area contributed by atoms with E-state index in [9.17, 15) is 22.4 Å². The van der Waals surface area contributed by atoms with Crippen LogP contribution in [0, 0.1) is 5.82 Å². The number of likely N-dealkylation sites (tertiary alicyclic amines) is 1. The second kappa shape index (κ2) is 11.9. The van der Waals surface area contributed by atoms with Gasteiger partial charge in [0.15, 0.2) is 11.5 Å². The summed E-state index contributed by atoms with van der Waals surface area (Å²) >= 11 is 5.92. The number of carboxylic acids is 1. The predicted octanol–water partition coefficient (Wildman–Crippen LogP) is 6.33. The normalized spacial score (nSPS) is 19.6. The van der Waals surface area contributed by atoms with E-state index in [0.29, 0.717) is 42.7 Å². The minimum atomic E-state index is -4.77. The maximum atomic E-state index is 14.7. The Hall–Kier alpha value is -3.61. The molecule has 0 radical (unpaired) electrons. The fourth-order valence-electron chi connectivity index (χ4n) is 5.39. The minimum Gasteiger partial charge on any atom is -0.478 e. The van der Waals surface area contributed by atoms with E-state index >= 15 is 0 Å². The van der Waals surface area contributed by atoms with Crippen molar-refractivity contribution >= 4 is 23.6 Å². The van der Waals surface area contributed by atoms with Gasteiger partial charge in [0.05, 0.1) is 30.6 Å². The molecule has 1 N–H and O–H groups in total. The molecule has 0 amide bonds. The maximum absolute atomic E-state index is 14.7. The number of benzene rings is 2. The van der Waals surface area contributed by atoms with Gasteiger partial charge in [-0.2, -0.15) is 0 Å². The van der Waals surface area contributed by atoms with Gasteiger partial charge in [0, 0.05) is 30.1 Å². The Kier molecular flexibility index (Phi) is 8.49. The van der Waals surface area contributed by atoms with Crippen LogP contribution in [0.15, 0.2) is 48.7 Å². The molecule has 8 nitrogen and oxygen atoms in total. The highest BCUT2D eigenvalue weighted by Crippen LogP contribution is 2.49. The number of fused-ring (bicyclic) bond motifs is 1. The second-order valence-corrected chi connectivity index (χ2v) is 10.7. The van der Waals surface area contributed by atoms with Gasteiger partial charge in [-0.15, -0.1) is 13.2 Å². The lowest BCUT2D eigenvalue weighted by atomic mass is 9.88. The Bertz CT molecular complexity index is 1490. The molecule has 1 aromatic heterocycles. The maximum Gasteiger partial charge on any atom is 0.522 e. The van der Waals surface area contributed by atoms with Crippen molar-refractivity contribution in [2.45, 2.75) is 50.9 Å². The molecule has 0 aliphatic carbocycles. The van der Waals surface area contributed by atoms with Crippen LogP contribution in [0.4, 0.5) is 17.6 Å². The average Bonchev–Trinajstić information content (AvgIpc) is 3.47. The minimum absolute atomic E-state index is 0.131. The highest BCUT2D eigenvalue weighted by molar-refractivity contribution is 6.30. The Balaban J connectivity index is 1.26. The highest BCUT2D eigenvalue weighted by atomic mass is 35.5. The number of aliphatic carboxylic acids is 1. The van der Waals surface area contributed by atoms with E-state index < -0.39 is 30.5 Å². The van der Waals surface area contributed by atoms with Gasteiger partial charge >= 0.3 is 12.3 Å². The smallest absolute Gasteiger partial charge is 0.478 e. The number of hydrogen-bond acceptors (Lipinski definition) is 6. The van der Waals surface area contributed by atoms with Crippen LogP contribution in [0.5, 0.6) is 11.5 Å². The van der Waals surface area contributed by atoms with Gasteiger partial charge in [-0.1, -0.05) is 23.7 Å². The van der Waals surface area contributed by atoms with Gasteiger partial charge < -0.3 is 19.1 Å². The largest absolute Gasteiger partial charge is 0.522 e. The van der Waals surface area contributed by atoms with Gasteiger partial charge in [0.1, 0.15) is 11.6 Å². The van der Waals surface area contributed by atoms with Crippen molar-refractivity contribution in [2.75, 3.05) is 19.7 Å². The van der Waals surface area contributed by atoms with Crippen molar-refractivity contribution in [1.29, 1.82) is 0 Å². The standard InChI is InChI=1S/C29H28ClF4N3O5/c1-28(22-7-5-19(30)15-23(22)31)41-24-4-2-3-21(27(24)42-28)18-9-11-36(12-10-18)17-25-35-16-20(6-8-26(38)39)37(25)13-14-40-29(32,33)34/h2-8,15-16,18H,9-14,17H2,1H3,(H,38,39)/b8-6+/t28-/m0/s1. The monoisotopic (exact) mass is 609 g/mol. The molecule has 3 aromatic rings. The number of carbonyl (C=O) groups is 1. The van der Waals surface area contributed by atoms with Crippen molar-refractivity contribution in [3.63, 3.8) is 0 Å². The van der Waals surface area contributed by atoms with Gasteiger partial charge in [-0.3, -0.25) is 9.64 Å². The summed E-state index contributed by atoms with van der Waals surface area (Å²) in [5.74, 6) is -1.34. The Labute approximate surface area is 244 Å². The molecule has 2 aliphatic rings. The molecule has 13 heteroatoms. The van der Waals surface area contributed by atoms with Crippen LogP contribution in [0.1, 0.15) is 48.3 Å². The summed E-state index contributed by atoms with van der Waals surface area (Å²) < 4.78 is 70.2. The third kappa shape index (κ3) is 6.71. The van der Waals surface area contributed by atoms with E-state index in [-0.39, 0.29) is 23.0 Å². The van der Waals surface area contributed by atoms with E-state index in [2.05, 4.69) is 14.6 Å². The molecule has 0 unspecified atom stereocenters. The molecule has 1 atom stereocenters. The number of hydrogen-bond donors (Lipinski definition) is 1. The van der Waals surface area contributed by atoms with E-state index in [1.807, 2.05) is 12.1 Å². The quantitative estimate of drug-likeness (QED) is 0.224. The molecule has 1 saturated heterocycles. The number of ether oxygens (including phenoxy) is 3. The lowest BCUT2D eigenvalue weighted by molar-refractivity contribution is -0.325. The van der Waals surface area contributed by atoms with Crippen molar-refractivity contribution < 1.29 is 41.7 Å². The molecule has 0 spiro atoms. The van der Waals surface area contributed by atoms with Crippen LogP contribution < -0.4 is 9.47 Å². The molecule has 2 aliphatic heterocycles. The number of nitrogens with zero attached hydrogens (tertiary/aromatic N) is 3. The molecular weight excluding hydrogens is 582 g/mol. The third-order valence-electron chi connectivity index (χ3n) is 7.37. The van der Waals surface area contributed by atoms with Crippen LogP contribution in [-0.2, 0) is 28.4 Å². The zero-order valence-electron chi connectivity index (χ0n) is 22.5. The van der Waals surface area contributed by atoms with E-state index in [1.54, 1.807) is 25.1 Å². The van der Waals surface area contributed by atoms with E-state index in [0.717, 1.165) is 24.5 Å². The number of aromatic nitrogens is 2. The molecule has 1 fully saturated rings. The summed E-state index contributed by atoms with van der Waals surface area (Å²) in [5, 5.41) is 9.24. The first-order valence-corrected chi connectivity index (χ1v) is 13.6. The molecule has 0 saturated carbocycles. The number of imidazole rings is 1. The van der Waals surface area contributed by atoms with Crippen LogP contribution in [0.3, 0.4) is 0 Å². The summed E-state index contributed by atoms with van der Waals surface area (Å²) in [6.45, 7) is 2.58. The topological polar surface area (TPSA) is 86.1 Å². The van der Waals surface area contributed by atoms with Gasteiger partial charge in [0.2, 0.25) is 0 Å². The molecule has 2 aromatic carbocycles. The predicted molar refractivity (Wildman–Crippen MR) is 145 cm³/mol. The Morgan fingerprint density at radius 3 is 2.69 bits per heavy atom. The second-order valence-electron chi connectivity index (χ2n) is 10.2. The molecular formula is C29H28ClF4N3O5. The van der Waals surface area contributed by atoms with Crippen molar-refractivity contribution in [3.8, 4) is 11.5 Å². The molecule has 42 heavy (non-hydrogen) atoms. The van der Waals surface area contributed by atoms with Gasteiger partial charge in [-0.25, -0.2) is 14.2 Å². The van der Waals surface area contributed by atoms with Crippen LogP contribution in [-0.4, -0.2) is 51.6 Å². The van der Waals surface area contributed by atoms with E-state index in [4.69, 9.17) is 26.2 Å². The molecule has 5 rings (SSSR count). The zero-order valence-corrected chi connectivity index (χ0v) is 23.3.